The lowest BCUT2D eigenvalue weighted by Gasteiger charge is -2.17. The molecule has 0 atom stereocenters. The van der Waals surface area contributed by atoms with Gasteiger partial charge in [0.05, 0.1) is 4.90 Å². The van der Waals surface area contributed by atoms with Crippen LogP contribution in [0.4, 0.5) is 10.1 Å². The van der Waals surface area contributed by atoms with Crippen molar-refractivity contribution in [3.8, 4) is 0 Å². The molecule has 10 heteroatoms. The topological polar surface area (TPSA) is 102 Å². The lowest BCUT2D eigenvalue weighted by Crippen LogP contribution is -2.32. The van der Waals surface area contributed by atoms with Crippen LogP contribution in [0.1, 0.15) is 0 Å². The third kappa shape index (κ3) is 6.13. The number of hydrogen-bond donors (Lipinski definition) is 1. The normalized spacial score (nSPS) is 11.0. The van der Waals surface area contributed by atoms with Gasteiger partial charge in [0.1, 0.15) is 5.82 Å². The molecule has 0 aliphatic carbocycles. The summed E-state index contributed by atoms with van der Waals surface area (Å²) in [6.07, 6.45) is 0. The van der Waals surface area contributed by atoms with Gasteiger partial charge in [-0.25, -0.2) is 17.6 Å². The third-order valence-corrected chi connectivity index (χ3v) is 4.59. The number of anilines is 1. The van der Waals surface area contributed by atoms with Gasteiger partial charge in [0, 0.05) is 12.7 Å². The summed E-state index contributed by atoms with van der Waals surface area (Å²) < 4.78 is 41.3. The number of rotatable bonds is 8. The number of benzene rings is 2. The number of esters is 1. The molecule has 2 rings (SSSR count). The van der Waals surface area contributed by atoms with Crippen molar-refractivity contribution in [2.24, 2.45) is 0 Å². The van der Waals surface area contributed by atoms with Crippen molar-refractivity contribution in [1.82, 2.24) is 4.89 Å². The van der Waals surface area contributed by atoms with Crippen molar-refractivity contribution < 1.29 is 32.0 Å². The molecule has 27 heavy (non-hydrogen) atoms. The SMILES string of the molecule is CN(C(=O)COC(=O)CONS(=O)(=O)c1ccc(F)cc1)c1ccccc1. The Kier molecular flexibility index (Phi) is 6.99. The molecular weight excluding hydrogens is 379 g/mol. The molecule has 0 radical (unpaired) electrons. The Hall–Kier alpha value is -2.82. The van der Waals surface area contributed by atoms with Gasteiger partial charge in [-0.3, -0.25) is 9.63 Å². The number of amides is 1. The summed E-state index contributed by atoms with van der Waals surface area (Å²) in [5.74, 6) is -2.00. The van der Waals surface area contributed by atoms with Crippen molar-refractivity contribution in [2.75, 3.05) is 25.2 Å². The summed E-state index contributed by atoms with van der Waals surface area (Å²) in [6.45, 7) is -1.28. The van der Waals surface area contributed by atoms with Crippen molar-refractivity contribution in [1.29, 1.82) is 0 Å². The van der Waals surface area contributed by atoms with Crippen LogP contribution in [0.5, 0.6) is 0 Å². The number of hydrogen-bond acceptors (Lipinski definition) is 6. The molecular formula is C17H17FN2O6S. The van der Waals surface area contributed by atoms with Gasteiger partial charge in [-0.2, -0.15) is 0 Å². The molecule has 0 aliphatic heterocycles. The van der Waals surface area contributed by atoms with Crippen LogP contribution in [-0.2, 0) is 29.2 Å². The molecule has 1 amide bonds. The van der Waals surface area contributed by atoms with E-state index in [0.29, 0.717) is 5.69 Å². The van der Waals surface area contributed by atoms with Crippen LogP contribution in [-0.4, -0.2) is 40.6 Å². The van der Waals surface area contributed by atoms with Gasteiger partial charge in [0.15, 0.2) is 13.2 Å². The minimum absolute atomic E-state index is 0.239. The van der Waals surface area contributed by atoms with Crippen LogP contribution in [0, 0.1) is 5.82 Å². The number of nitrogens with one attached hydrogen (secondary N) is 1. The van der Waals surface area contributed by atoms with E-state index in [9.17, 15) is 22.4 Å². The molecule has 0 aromatic heterocycles. The Morgan fingerprint density at radius 1 is 1.04 bits per heavy atom. The maximum absolute atomic E-state index is 12.8. The minimum Gasteiger partial charge on any atom is -0.454 e. The summed E-state index contributed by atoms with van der Waals surface area (Å²) in [4.78, 5) is 30.9. The van der Waals surface area contributed by atoms with E-state index < -0.39 is 40.9 Å². The summed E-state index contributed by atoms with van der Waals surface area (Å²) in [5, 5.41) is 0. The quantitative estimate of drug-likeness (QED) is 0.532. The maximum Gasteiger partial charge on any atom is 0.334 e. The average molecular weight is 396 g/mol. The van der Waals surface area contributed by atoms with Crippen molar-refractivity contribution in [3.05, 3.63) is 60.4 Å². The lowest BCUT2D eigenvalue weighted by molar-refractivity contribution is -0.153. The number of carbonyl (C=O) groups is 2. The monoisotopic (exact) mass is 396 g/mol. The van der Waals surface area contributed by atoms with Crippen LogP contribution in [0.25, 0.3) is 0 Å². The molecule has 0 unspecified atom stereocenters. The first-order valence-electron chi connectivity index (χ1n) is 7.66. The zero-order valence-electron chi connectivity index (χ0n) is 14.3. The van der Waals surface area contributed by atoms with E-state index in [4.69, 9.17) is 4.74 Å². The molecule has 144 valence electrons. The van der Waals surface area contributed by atoms with Gasteiger partial charge in [0.25, 0.3) is 15.9 Å². The number of likely N-dealkylation sites (N-methyl/N-ethyl adjacent to an activating group) is 1. The highest BCUT2D eigenvalue weighted by atomic mass is 32.2. The predicted octanol–water partition coefficient (Wildman–Crippen LogP) is 1.24. The molecule has 0 saturated heterocycles. The van der Waals surface area contributed by atoms with E-state index >= 15 is 0 Å². The fraction of sp³-hybridized carbons (Fsp3) is 0.176. The maximum atomic E-state index is 12.8. The molecule has 1 N–H and O–H groups in total. The third-order valence-electron chi connectivity index (χ3n) is 3.36. The van der Waals surface area contributed by atoms with Crippen LogP contribution >= 0.6 is 0 Å². The highest BCUT2D eigenvalue weighted by Gasteiger charge is 2.17. The molecule has 0 fully saturated rings. The summed E-state index contributed by atoms with van der Waals surface area (Å²) in [5.41, 5.74) is 0.627. The van der Waals surface area contributed by atoms with E-state index in [2.05, 4.69) is 4.84 Å². The van der Waals surface area contributed by atoms with Crippen molar-refractivity contribution >= 4 is 27.6 Å². The Balaban J connectivity index is 1.76. The minimum atomic E-state index is -4.08. The first-order chi connectivity index (χ1) is 12.8. The number of para-hydroxylation sites is 1. The Bertz CT molecular complexity index is 887. The van der Waals surface area contributed by atoms with Gasteiger partial charge in [-0.15, -0.1) is 0 Å². The van der Waals surface area contributed by atoms with Gasteiger partial charge < -0.3 is 9.64 Å². The molecule has 2 aromatic rings. The van der Waals surface area contributed by atoms with Gasteiger partial charge in [0.2, 0.25) is 0 Å². The first kappa shape index (κ1) is 20.5. The van der Waals surface area contributed by atoms with Crippen LogP contribution < -0.4 is 9.79 Å². The smallest absolute Gasteiger partial charge is 0.334 e. The molecule has 0 heterocycles. The molecule has 0 spiro atoms. The molecule has 0 aliphatic rings. The van der Waals surface area contributed by atoms with E-state index in [-0.39, 0.29) is 4.90 Å². The summed E-state index contributed by atoms with van der Waals surface area (Å²) in [7, 11) is -2.55. The van der Waals surface area contributed by atoms with Gasteiger partial charge in [-0.1, -0.05) is 23.1 Å². The predicted molar refractivity (Wildman–Crippen MR) is 93.5 cm³/mol. The standard InChI is InChI=1S/C17H17FN2O6S/c1-20(14-5-3-2-4-6-14)16(21)11-25-17(22)12-26-19-27(23,24)15-9-7-13(18)8-10-15/h2-10,19H,11-12H2,1H3. The number of carbonyl (C=O) groups excluding carboxylic acids is 2. The second kappa shape index (κ2) is 9.21. The summed E-state index contributed by atoms with van der Waals surface area (Å²) in [6, 6.07) is 12.8. The van der Waals surface area contributed by atoms with Crippen LogP contribution in [0.2, 0.25) is 0 Å². The van der Waals surface area contributed by atoms with E-state index in [0.717, 1.165) is 24.3 Å². The number of sulfonamides is 1. The fourth-order valence-electron chi connectivity index (χ4n) is 1.90. The number of halogens is 1. The molecule has 8 nitrogen and oxygen atoms in total. The van der Waals surface area contributed by atoms with E-state index in [1.54, 1.807) is 35.2 Å². The van der Waals surface area contributed by atoms with E-state index in [1.807, 2.05) is 0 Å². The second-order valence-electron chi connectivity index (χ2n) is 5.28. The average Bonchev–Trinajstić information content (AvgIpc) is 2.66. The molecule has 2 aromatic carbocycles. The Labute approximate surface area is 155 Å². The first-order valence-corrected chi connectivity index (χ1v) is 9.14. The Morgan fingerprint density at radius 3 is 2.30 bits per heavy atom. The zero-order valence-corrected chi connectivity index (χ0v) is 15.1. The number of nitrogens with zero attached hydrogens (tertiary/aromatic N) is 1. The molecule has 0 saturated carbocycles. The summed E-state index contributed by atoms with van der Waals surface area (Å²) >= 11 is 0. The zero-order chi connectivity index (χ0) is 19.9. The lowest BCUT2D eigenvalue weighted by atomic mass is 10.3. The largest absolute Gasteiger partial charge is 0.454 e. The second-order valence-corrected chi connectivity index (χ2v) is 6.92. The van der Waals surface area contributed by atoms with Gasteiger partial charge >= 0.3 is 5.97 Å². The molecule has 0 bridgehead atoms. The van der Waals surface area contributed by atoms with Gasteiger partial charge in [-0.05, 0) is 36.4 Å². The highest BCUT2D eigenvalue weighted by Crippen LogP contribution is 2.11. The van der Waals surface area contributed by atoms with E-state index in [1.165, 1.54) is 11.9 Å². The van der Waals surface area contributed by atoms with Crippen LogP contribution in [0.3, 0.4) is 0 Å². The van der Waals surface area contributed by atoms with Crippen molar-refractivity contribution in [2.45, 2.75) is 4.90 Å². The van der Waals surface area contributed by atoms with Crippen LogP contribution in [0.15, 0.2) is 59.5 Å². The highest BCUT2D eigenvalue weighted by molar-refractivity contribution is 7.89. The fourth-order valence-corrected chi connectivity index (χ4v) is 2.71. The number of ether oxygens (including phenoxy) is 1. The van der Waals surface area contributed by atoms with Crippen molar-refractivity contribution in [3.63, 3.8) is 0 Å². The Morgan fingerprint density at radius 2 is 1.67 bits per heavy atom.